The van der Waals surface area contributed by atoms with Gasteiger partial charge < -0.3 is 0 Å². The second-order valence-electron chi connectivity index (χ2n) is 7.71. The van der Waals surface area contributed by atoms with Crippen molar-refractivity contribution in [1.82, 2.24) is 49.5 Å². The van der Waals surface area contributed by atoms with E-state index in [4.69, 9.17) is 4.98 Å². The Kier molecular flexibility index (Phi) is 4.03. The maximum Gasteiger partial charge on any atom is 0.221 e. The molecule has 0 aliphatic heterocycles. The zero-order valence-corrected chi connectivity index (χ0v) is 17.5. The predicted octanol–water partition coefficient (Wildman–Crippen LogP) is 2.62. The van der Waals surface area contributed by atoms with E-state index in [1.54, 1.807) is 26.4 Å². The molecule has 10 nitrogen and oxygen atoms in total. The Morgan fingerprint density at radius 1 is 0.812 bits per heavy atom. The van der Waals surface area contributed by atoms with Crippen molar-refractivity contribution >= 4 is 22.2 Å². The number of nitrogens with zero attached hydrogens (tertiary/aromatic N) is 10. The molecule has 0 radical (unpaired) electrons. The van der Waals surface area contributed by atoms with Crippen molar-refractivity contribution in [2.45, 2.75) is 6.54 Å². The molecule has 0 fully saturated rings. The van der Waals surface area contributed by atoms with Gasteiger partial charge in [0.2, 0.25) is 5.65 Å². The molecule has 0 aliphatic carbocycles. The molecule has 0 saturated heterocycles. The van der Waals surface area contributed by atoms with Crippen molar-refractivity contribution in [2.75, 3.05) is 0 Å². The highest BCUT2D eigenvalue weighted by atomic mass is 15.4. The summed E-state index contributed by atoms with van der Waals surface area (Å²) in [5, 5.41) is 18.0. The fourth-order valence-electron chi connectivity index (χ4n) is 3.73. The van der Waals surface area contributed by atoms with Crippen molar-refractivity contribution in [3.63, 3.8) is 0 Å². The summed E-state index contributed by atoms with van der Waals surface area (Å²) >= 11 is 0. The first-order valence-electron chi connectivity index (χ1n) is 10.1. The summed E-state index contributed by atoms with van der Waals surface area (Å²) < 4.78 is 5.29. The monoisotopic (exact) mass is 422 g/mol. The van der Waals surface area contributed by atoms with Gasteiger partial charge in [-0.2, -0.15) is 10.2 Å². The van der Waals surface area contributed by atoms with Gasteiger partial charge in [0, 0.05) is 54.8 Å². The smallest absolute Gasteiger partial charge is 0.221 e. The standard InChI is InChI=1S/C22H18N10/c1-30-12-17(8-25-30)16-6-15-5-14(3-4-19(15)23-7-16)11-32-22-21(28-29-32)24-10-20(27-22)18-9-26-31(2)13-18/h3-10,12-13H,11H2,1-2H3. The molecule has 10 heteroatoms. The van der Waals surface area contributed by atoms with Crippen LogP contribution in [-0.4, -0.2) is 49.5 Å². The average Bonchev–Trinajstić information content (AvgIpc) is 3.53. The molecule has 0 spiro atoms. The molecule has 0 bridgehead atoms. The van der Waals surface area contributed by atoms with Gasteiger partial charge in [-0.05, 0) is 23.8 Å². The molecule has 0 amide bonds. The summed E-state index contributed by atoms with van der Waals surface area (Å²) in [6, 6.07) is 8.31. The molecule has 6 aromatic rings. The Hall–Kier alpha value is -4.47. The second kappa shape index (κ2) is 7.05. The van der Waals surface area contributed by atoms with Crippen LogP contribution in [0.3, 0.4) is 0 Å². The number of benzene rings is 1. The maximum absolute atomic E-state index is 4.73. The lowest BCUT2D eigenvalue weighted by molar-refractivity contribution is 0.664. The Labute approximate surface area is 182 Å². The third-order valence-corrected chi connectivity index (χ3v) is 5.34. The first-order chi connectivity index (χ1) is 15.6. The average molecular weight is 422 g/mol. The minimum atomic E-state index is 0.513. The van der Waals surface area contributed by atoms with Crippen LogP contribution in [0, 0.1) is 0 Å². The molecule has 5 heterocycles. The van der Waals surface area contributed by atoms with E-state index < -0.39 is 0 Å². The maximum atomic E-state index is 4.73. The van der Waals surface area contributed by atoms with Gasteiger partial charge in [0.05, 0.1) is 36.3 Å². The minimum Gasteiger partial charge on any atom is -0.275 e. The number of pyridine rings is 1. The molecular formula is C22H18N10. The summed E-state index contributed by atoms with van der Waals surface area (Å²) in [5.41, 5.74) is 6.85. The fraction of sp³-hybridized carbons (Fsp3) is 0.136. The molecule has 1 aromatic carbocycles. The molecule has 0 saturated carbocycles. The first kappa shape index (κ1) is 18.3. The highest BCUT2D eigenvalue weighted by Gasteiger charge is 2.12. The van der Waals surface area contributed by atoms with Gasteiger partial charge in [0.25, 0.3) is 0 Å². The molecule has 0 unspecified atom stereocenters. The summed E-state index contributed by atoms with van der Waals surface area (Å²) in [7, 11) is 3.77. The quantitative estimate of drug-likeness (QED) is 0.430. The zero-order chi connectivity index (χ0) is 21.7. The van der Waals surface area contributed by atoms with Crippen LogP contribution in [0.4, 0.5) is 0 Å². The summed E-state index contributed by atoms with van der Waals surface area (Å²) in [6.45, 7) is 0.523. The lowest BCUT2D eigenvalue weighted by Gasteiger charge is -2.06. The number of hydrogen-bond acceptors (Lipinski definition) is 7. The van der Waals surface area contributed by atoms with E-state index in [9.17, 15) is 0 Å². The van der Waals surface area contributed by atoms with Crippen LogP contribution in [0.1, 0.15) is 5.56 Å². The molecule has 0 atom stereocenters. The van der Waals surface area contributed by atoms with Crippen LogP contribution < -0.4 is 0 Å². The van der Waals surface area contributed by atoms with Crippen molar-refractivity contribution in [3.05, 3.63) is 67.0 Å². The molecule has 0 N–H and O–H groups in total. The Morgan fingerprint density at radius 2 is 1.62 bits per heavy atom. The number of hydrogen-bond donors (Lipinski definition) is 0. The Balaban J connectivity index is 1.36. The fourth-order valence-corrected chi connectivity index (χ4v) is 3.73. The van der Waals surface area contributed by atoms with Crippen molar-refractivity contribution < 1.29 is 0 Å². The number of aromatic nitrogens is 10. The molecule has 0 aliphatic rings. The van der Waals surface area contributed by atoms with E-state index >= 15 is 0 Å². The molecule has 5 aromatic heterocycles. The van der Waals surface area contributed by atoms with E-state index in [0.29, 0.717) is 17.8 Å². The third kappa shape index (κ3) is 3.18. The van der Waals surface area contributed by atoms with Crippen LogP contribution in [0.5, 0.6) is 0 Å². The van der Waals surface area contributed by atoms with Gasteiger partial charge >= 0.3 is 0 Å². The largest absolute Gasteiger partial charge is 0.275 e. The van der Waals surface area contributed by atoms with E-state index in [0.717, 1.165) is 38.9 Å². The molecule has 6 rings (SSSR count). The number of fused-ring (bicyclic) bond motifs is 2. The Morgan fingerprint density at radius 3 is 2.41 bits per heavy atom. The van der Waals surface area contributed by atoms with E-state index in [1.807, 2.05) is 51.0 Å². The third-order valence-electron chi connectivity index (χ3n) is 5.34. The normalized spacial score (nSPS) is 11.6. The van der Waals surface area contributed by atoms with Crippen molar-refractivity contribution in [2.24, 2.45) is 14.1 Å². The SMILES string of the molecule is Cn1cc(-c2cnc3ccc(Cn4nnc5ncc(-c6cnn(C)c6)nc54)cc3c2)cn1. The summed E-state index contributed by atoms with van der Waals surface area (Å²) in [6.07, 6.45) is 11.1. The van der Waals surface area contributed by atoms with E-state index in [-0.39, 0.29) is 0 Å². The lowest BCUT2D eigenvalue weighted by atomic mass is 10.1. The predicted molar refractivity (Wildman–Crippen MR) is 118 cm³/mol. The second-order valence-corrected chi connectivity index (χ2v) is 7.71. The van der Waals surface area contributed by atoms with Gasteiger partial charge in [-0.25, -0.2) is 14.6 Å². The van der Waals surface area contributed by atoms with Gasteiger partial charge in [0.15, 0.2) is 5.65 Å². The molecule has 156 valence electrons. The van der Waals surface area contributed by atoms with Crippen molar-refractivity contribution in [1.29, 1.82) is 0 Å². The van der Waals surface area contributed by atoms with Crippen LogP contribution in [-0.2, 0) is 20.6 Å². The van der Waals surface area contributed by atoms with Gasteiger partial charge in [-0.15, -0.1) is 5.10 Å². The topological polar surface area (TPSA) is 105 Å². The van der Waals surface area contributed by atoms with Crippen LogP contribution in [0.15, 0.2) is 61.4 Å². The van der Waals surface area contributed by atoms with Crippen LogP contribution in [0.25, 0.3) is 44.6 Å². The zero-order valence-electron chi connectivity index (χ0n) is 17.5. The summed E-state index contributed by atoms with van der Waals surface area (Å²) in [4.78, 5) is 13.7. The van der Waals surface area contributed by atoms with E-state index in [1.165, 1.54) is 0 Å². The van der Waals surface area contributed by atoms with Gasteiger partial charge in [0.1, 0.15) is 0 Å². The summed E-state index contributed by atoms with van der Waals surface area (Å²) in [5.74, 6) is 0. The number of aryl methyl sites for hydroxylation is 2. The Bertz CT molecular complexity index is 1590. The lowest BCUT2D eigenvalue weighted by Crippen LogP contribution is -2.03. The van der Waals surface area contributed by atoms with E-state index in [2.05, 4.69) is 42.6 Å². The van der Waals surface area contributed by atoms with Crippen LogP contribution >= 0.6 is 0 Å². The van der Waals surface area contributed by atoms with Gasteiger partial charge in [-0.1, -0.05) is 11.3 Å². The van der Waals surface area contributed by atoms with Crippen molar-refractivity contribution in [3.8, 4) is 22.4 Å². The highest BCUT2D eigenvalue weighted by Crippen LogP contribution is 2.24. The minimum absolute atomic E-state index is 0.513. The molecule has 32 heavy (non-hydrogen) atoms. The molecular weight excluding hydrogens is 404 g/mol. The highest BCUT2D eigenvalue weighted by molar-refractivity contribution is 5.84. The van der Waals surface area contributed by atoms with Gasteiger partial charge in [-0.3, -0.25) is 14.3 Å². The number of rotatable bonds is 4. The first-order valence-corrected chi connectivity index (χ1v) is 10.1. The van der Waals surface area contributed by atoms with Crippen LogP contribution in [0.2, 0.25) is 0 Å².